The van der Waals surface area contributed by atoms with Gasteiger partial charge in [0, 0.05) is 30.1 Å². The first-order valence-corrected chi connectivity index (χ1v) is 9.18. The Bertz CT molecular complexity index is 843. The molecule has 2 heterocycles. The molecule has 4 rings (SSSR count). The van der Waals surface area contributed by atoms with Crippen LogP contribution in [0, 0.1) is 5.92 Å². The summed E-state index contributed by atoms with van der Waals surface area (Å²) in [5.41, 5.74) is 0.169. The van der Waals surface area contributed by atoms with Gasteiger partial charge in [0.1, 0.15) is 5.54 Å². The number of nitrogens with zero attached hydrogens (tertiary/aromatic N) is 1. The van der Waals surface area contributed by atoms with Crippen LogP contribution in [-0.4, -0.2) is 28.3 Å². The zero-order chi connectivity index (χ0) is 19.3. The Morgan fingerprint density at radius 3 is 2.48 bits per heavy atom. The van der Waals surface area contributed by atoms with E-state index in [0.717, 1.165) is 18.4 Å². The number of alkyl halides is 2. The second-order valence-electron chi connectivity index (χ2n) is 7.35. The van der Waals surface area contributed by atoms with Gasteiger partial charge in [-0.25, -0.2) is 13.6 Å². The molecule has 0 radical (unpaired) electrons. The molecule has 4 amide bonds. The van der Waals surface area contributed by atoms with E-state index in [1.165, 1.54) is 12.1 Å². The van der Waals surface area contributed by atoms with Crippen LogP contribution in [0.2, 0.25) is 5.02 Å². The molecule has 1 aromatic carbocycles. The highest BCUT2D eigenvalue weighted by Gasteiger charge is 2.55. The fourth-order valence-electron chi connectivity index (χ4n) is 3.99. The van der Waals surface area contributed by atoms with E-state index in [1.54, 1.807) is 4.90 Å². The Kier molecular flexibility index (Phi) is 4.33. The van der Waals surface area contributed by atoms with Crippen LogP contribution in [0.15, 0.2) is 12.1 Å². The lowest BCUT2D eigenvalue weighted by Gasteiger charge is -2.26. The smallest absolute Gasteiger partial charge is 0.322 e. The molecule has 2 N–H and O–H groups in total. The van der Waals surface area contributed by atoms with Crippen LogP contribution < -0.4 is 10.6 Å². The Hall–Kier alpha value is -2.22. The number of benzene rings is 1. The van der Waals surface area contributed by atoms with Crippen molar-refractivity contribution in [2.45, 2.75) is 50.7 Å². The SMILES string of the molecule is O=C1NC(=O)[C@](CCC(=O)N2Cc3cc(Cl)c(C(F)F)cc3C2)(C2CC2)N1. The zero-order valence-corrected chi connectivity index (χ0v) is 15.1. The van der Waals surface area contributed by atoms with Crippen molar-refractivity contribution in [3.05, 3.63) is 33.8 Å². The number of hydrogen-bond acceptors (Lipinski definition) is 3. The molecule has 1 saturated carbocycles. The molecule has 144 valence electrons. The lowest BCUT2D eigenvalue weighted by molar-refractivity contribution is -0.133. The van der Waals surface area contributed by atoms with Gasteiger partial charge in [0.05, 0.1) is 0 Å². The molecular formula is C18H18ClF2N3O3. The molecule has 1 aromatic rings. The molecule has 0 aromatic heterocycles. The van der Waals surface area contributed by atoms with Gasteiger partial charge in [0.2, 0.25) is 5.91 Å². The number of fused-ring (bicyclic) bond motifs is 1. The zero-order valence-electron chi connectivity index (χ0n) is 14.4. The predicted octanol–water partition coefficient (Wildman–Crippen LogP) is 2.89. The first kappa shape index (κ1) is 18.2. The number of amides is 4. The molecule has 1 atom stereocenters. The van der Waals surface area contributed by atoms with Crippen molar-refractivity contribution in [2.24, 2.45) is 5.92 Å². The molecule has 9 heteroatoms. The van der Waals surface area contributed by atoms with E-state index in [2.05, 4.69) is 10.6 Å². The van der Waals surface area contributed by atoms with Gasteiger partial charge < -0.3 is 10.2 Å². The summed E-state index contributed by atoms with van der Waals surface area (Å²) in [6, 6.07) is 2.32. The fraction of sp³-hybridized carbons (Fsp3) is 0.500. The minimum Gasteiger partial charge on any atom is -0.334 e. The Morgan fingerprint density at radius 2 is 1.93 bits per heavy atom. The number of rotatable bonds is 5. The second kappa shape index (κ2) is 6.44. The monoisotopic (exact) mass is 397 g/mol. The average Bonchev–Trinajstić information content (AvgIpc) is 3.30. The first-order chi connectivity index (χ1) is 12.8. The molecule has 0 bridgehead atoms. The largest absolute Gasteiger partial charge is 0.334 e. The summed E-state index contributed by atoms with van der Waals surface area (Å²) >= 11 is 5.90. The van der Waals surface area contributed by atoms with Crippen LogP contribution >= 0.6 is 11.6 Å². The minimum atomic E-state index is -2.67. The Labute approximate surface area is 159 Å². The molecule has 2 fully saturated rings. The average molecular weight is 398 g/mol. The van der Waals surface area contributed by atoms with Crippen LogP contribution in [0.5, 0.6) is 0 Å². The summed E-state index contributed by atoms with van der Waals surface area (Å²) in [4.78, 5) is 38.0. The van der Waals surface area contributed by atoms with Gasteiger partial charge in [0.15, 0.2) is 0 Å². The van der Waals surface area contributed by atoms with Gasteiger partial charge in [-0.2, -0.15) is 0 Å². The Balaban J connectivity index is 1.44. The van der Waals surface area contributed by atoms with E-state index in [4.69, 9.17) is 11.6 Å². The highest BCUT2D eigenvalue weighted by atomic mass is 35.5. The topological polar surface area (TPSA) is 78.5 Å². The summed E-state index contributed by atoms with van der Waals surface area (Å²) in [6.45, 7) is 0.534. The molecule has 0 spiro atoms. The Morgan fingerprint density at radius 1 is 1.26 bits per heavy atom. The van der Waals surface area contributed by atoms with Crippen LogP contribution in [0.25, 0.3) is 0 Å². The van der Waals surface area contributed by atoms with Crippen LogP contribution in [0.3, 0.4) is 0 Å². The van der Waals surface area contributed by atoms with Crippen LogP contribution in [-0.2, 0) is 22.7 Å². The fourth-order valence-corrected chi connectivity index (χ4v) is 4.26. The normalized spacial score (nSPS) is 24.2. The van der Waals surface area contributed by atoms with Crippen LogP contribution in [0.4, 0.5) is 13.6 Å². The number of hydrogen-bond donors (Lipinski definition) is 2. The quantitative estimate of drug-likeness (QED) is 0.750. The van der Waals surface area contributed by atoms with E-state index in [1.807, 2.05) is 0 Å². The van der Waals surface area contributed by atoms with Gasteiger partial charge in [-0.05, 0) is 48.4 Å². The van der Waals surface area contributed by atoms with Gasteiger partial charge in [-0.15, -0.1) is 0 Å². The number of carbonyl (C=O) groups excluding carboxylic acids is 3. The van der Waals surface area contributed by atoms with Gasteiger partial charge in [0.25, 0.3) is 12.3 Å². The highest BCUT2D eigenvalue weighted by Crippen LogP contribution is 2.44. The number of carbonyl (C=O) groups is 3. The maximum absolute atomic E-state index is 13.0. The van der Waals surface area contributed by atoms with Gasteiger partial charge in [-0.1, -0.05) is 11.6 Å². The molecule has 0 unspecified atom stereocenters. The van der Waals surface area contributed by atoms with E-state index < -0.39 is 18.0 Å². The maximum Gasteiger partial charge on any atom is 0.322 e. The third-order valence-electron chi connectivity index (χ3n) is 5.61. The summed E-state index contributed by atoms with van der Waals surface area (Å²) in [5, 5.41) is 4.95. The number of urea groups is 1. The van der Waals surface area contributed by atoms with Gasteiger partial charge >= 0.3 is 6.03 Å². The van der Waals surface area contributed by atoms with Crippen molar-refractivity contribution in [3.8, 4) is 0 Å². The lowest BCUT2D eigenvalue weighted by Crippen LogP contribution is -2.49. The molecule has 3 aliphatic rings. The first-order valence-electron chi connectivity index (χ1n) is 8.81. The number of nitrogens with one attached hydrogen (secondary N) is 2. The minimum absolute atomic E-state index is 0.00363. The highest BCUT2D eigenvalue weighted by molar-refractivity contribution is 6.31. The summed E-state index contributed by atoms with van der Waals surface area (Å²) < 4.78 is 26.0. The van der Waals surface area contributed by atoms with Gasteiger partial charge in [-0.3, -0.25) is 14.9 Å². The molecule has 27 heavy (non-hydrogen) atoms. The van der Waals surface area contributed by atoms with Crippen molar-refractivity contribution < 1.29 is 23.2 Å². The van der Waals surface area contributed by atoms with E-state index in [0.29, 0.717) is 12.1 Å². The maximum atomic E-state index is 13.0. The van der Waals surface area contributed by atoms with Crippen molar-refractivity contribution >= 4 is 29.4 Å². The standard InChI is InChI=1S/C18H18ClF2N3O3/c19-13-6-10-8-24(7-9(10)5-12(13)15(20)21)14(25)3-4-18(11-1-2-11)16(26)22-17(27)23-18/h5-6,11,15H,1-4,7-8H2,(H2,22,23,26,27)/t18-/m0/s1. The molecule has 2 aliphatic heterocycles. The van der Waals surface area contributed by atoms with E-state index >= 15 is 0 Å². The third-order valence-corrected chi connectivity index (χ3v) is 5.93. The predicted molar refractivity (Wildman–Crippen MR) is 92.0 cm³/mol. The molecule has 6 nitrogen and oxygen atoms in total. The number of halogens is 3. The van der Waals surface area contributed by atoms with E-state index in [-0.39, 0.29) is 47.7 Å². The summed E-state index contributed by atoms with van der Waals surface area (Å²) in [5.74, 6) is -0.504. The lowest BCUT2D eigenvalue weighted by atomic mass is 9.88. The van der Waals surface area contributed by atoms with Crippen molar-refractivity contribution in [3.63, 3.8) is 0 Å². The second-order valence-corrected chi connectivity index (χ2v) is 7.75. The number of imide groups is 1. The molecular weight excluding hydrogens is 380 g/mol. The summed E-state index contributed by atoms with van der Waals surface area (Å²) in [7, 11) is 0. The van der Waals surface area contributed by atoms with Crippen molar-refractivity contribution in [2.75, 3.05) is 0 Å². The van der Waals surface area contributed by atoms with Crippen LogP contribution in [0.1, 0.15) is 48.8 Å². The summed E-state index contributed by atoms with van der Waals surface area (Å²) in [6.07, 6.45) is -0.675. The molecule has 1 saturated heterocycles. The van der Waals surface area contributed by atoms with E-state index in [9.17, 15) is 23.2 Å². The van der Waals surface area contributed by atoms with Crippen molar-refractivity contribution in [1.82, 2.24) is 15.5 Å². The third kappa shape index (κ3) is 3.16. The van der Waals surface area contributed by atoms with Crippen molar-refractivity contribution in [1.29, 1.82) is 0 Å². The molecule has 1 aliphatic carbocycles.